The van der Waals surface area contributed by atoms with E-state index in [4.69, 9.17) is 26.3 Å². The van der Waals surface area contributed by atoms with Crippen LogP contribution in [0.3, 0.4) is 0 Å². The monoisotopic (exact) mass is 305 g/mol. The summed E-state index contributed by atoms with van der Waals surface area (Å²) in [5, 5.41) is 8.93. The highest BCUT2D eigenvalue weighted by molar-refractivity contribution is 6.32. The summed E-state index contributed by atoms with van der Waals surface area (Å²) in [5.74, 6) is 0.269. The van der Waals surface area contributed by atoms with Crippen molar-refractivity contribution in [3.8, 4) is 17.6 Å². The Morgan fingerprint density at radius 2 is 1.76 bits per heavy atom. The van der Waals surface area contributed by atoms with E-state index in [2.05, 4.69) is 0 Å². The van der Waals surface area contributed by atoms with Crippen molar-refractivity contribution in [3.05, 3.63) is 58.9 Å². The van der Waals surface area contributed by atoms with E-state index in [1.807, 2.05) is 6.07 Å². The maximum absolute atomic E-state index is 13.4. The summed E-state index contributed by atoms with van der Waals surface area (Å²) in [6.07, 6.45) is 0.588. The third-order valence-electron chi connectivity index (χ3n) is 2.71. The van der Waals surface area contributed by atoms with E-state index in [9.17, 15) is 4.39 Å². The van der Waals surface area contributed by atoms with Gasteiger partial charge in [0.25, 0.3) is 0 Å². The fraction of sp³-hybridized carbons (Fsp3) is 0.188. The average Bonchev–Trinajstić information content (AvgIpc) is 2.50. The first-order valence-corrected chi connectivity index (χ1v) is 6.78. The number of para-hydroxylation sites is 1. The van der Waals surface area contributed by atoms with Gasteiger partial charge in [-0.25, -0.2) is 4.39 Å². The van der Waals surface area contributed by atoms with Crippen LogP contribution in [0.15, 0.2) is 42.5 Å². The van der Waals surface area contributed by atoms with Gasteiger partial charge in [-0.2, -0.15) is 5.26 Å². The molecule has 0 radical (unpaired) electrons. The number of hydrogen-bond donors (Lipinski definition) is 0. The van der Waals surface area contributed by atoms with Crippen LogP contribution in [0.5, 0.6) is 11.5 Å². The van der Waals surface area contributed by atoms with Gasteiger partial charge in [0, 0.05) is 6.42 Å². The zero-order chi connectivity index (χ0) is 15.1. The number of nitrogens with zero attached hydrogens (tertiary/aromatic N) is 1. The number of hydrogen-bond acceptors (Lipinski definition) is 3. The summed E-state index contributed by atoms with van der Waals surface area (Å²) >= 11 is 5.84. The lowest BCUT2D eigenvalue weighted by Gasteiger charge is -2.09. The van der Waals surface area contributed by atoms with Crippen LogP contribution in [0.25, 0.3) is 0 Å². The van der Waals surface area contributed by atoms with Crippen molar-refractivity contribution >= 4 is 11.6 Å². The minimum absolute atomic E-state index is 0.0672. The molecular formula is C16H13ClFNO2. The highest BCUT2D eigenvalue weighted by Gasteiger charge is 2.07. The molecule has 21 heavy (non-hydrogen) atoms. The molecule has 0 aromatic heterocycles. The van der Waals surface area contributed by atoms with Crippen LogP contribution in [0.4, 0.5) is 4.39 Å². The minimum atomic E-state index is -0.476. The highest BCUT2D eigenvalue weighted by Crippen LogP contribution is 2.27. The predicted octanol–water partition coefficient (Wildman–Crippen LogP) is 4.20. The summed E-state index contributed by atoms with van der Waals surface area (Å²) in [5.41, 5.74) is 0.583. The van der Waals surface area contributed by atoms with Crippen molar-refractivity contribution in [2.75, 3.05) is 13.2 Å². The molecule has 2 rings (SSSR count). The topological polar surface area (TPSA) is 42.2 Å². The molecule has 2 aromatic rings. The SMILES string of the molecule is N#Cc1ccc(OCCCOc2c(F)cccc2Cl)cc1. The largest absolute Gasteiger partial charge is 0.493 e. The number of benzene rings is 2. The number of halogens is 2. The molecule has 0 saturated heterocycles. The van der Waals surface area contributed by atoms with Crippen molar-refractivity contribution < 1.29 is 13.9 Å². The lowest BCUT2D eigenvalue weighted by Crippen LogP contribution is -2.06. The van der Waals surface area contributed by atoms with Crippen molar-refractivity contribution in [2.24, 2.45) is 0 Å². The van der Waals surface area contributed by atoms with E-state index >= 15 is 0 Å². The van der Waals surface area contributed by atoms with Gasteiger partial charge < -0.3 is 9.47 Å². The molecule has 5 heteroatoms. The Morgan fingerprint density at radius 1 is 1.05 bits per heavy atom. The zero-order valence-electron chi connectivity index (χ0n) is 11.2. The molecule has 0 spiro atoms. The molecular weight excluding hydrogens is 293 g/mol. The number of ether oxygens (including phenoxy) is 2. The molecule has 0 aliphatic carbocycles. The van der Waals surface area contributed by atoms with E-state index in [0.29, 0.717) is 30.9 Å². The fourth-order valence-electron chi connectivity index (χ4n) is 1.67. The molecule has 0 unspecified atom stereocenters. The summed E-state index contributed by atoms with van der Waals surface area (Å²) in [6.45, 7) is 0.731. The maximum atomic E-state index is 13.4. The Kier molecular flexibility index (Phi) is 5.42. The van der Waals surface area contributed by atoms with E-state index < -0.39 is 5.82 Å². The van der Waals surface area contributed by atoms with E-state index in [-0.39, 0.29) is 10.8 Å². The molecule has 0 aliphatic heterocycles. The Labute approximate surface area is 127 Å². The first kappa shape index (κ1) is 15.1. The van der Waals surface area contributed by atoms with Crippen LogP contribution < -0.4 is 9.47 Å². The molecule has 0 amide bonds. The summed E-state index contributed by atoms with van der Waals surface area (Å²) in [4.78, 5) is 0. The van der Waals surface area contributed by atoms with E-state index in [1.165, 1.54) is 12.1 Å². The van der Waals surface area contributed by atoms with Gasteiger partial charge in [0.1, 0.15) is 5.75 Å². The summed E-state index contributed by atoms with van der Waals surface area (Å²) in [6, 6.07) is 13.3. The second-order valence-corrected chi connectivity index (χ2v) is 4.64. The Balaban J connectivity index is 1.74. The lowest BCUT2D eigenvalue weighted by molar-refractivity contribution is 0.241. The Morgan fingerprint density at radius 3 is 2.43 bits per heavy atom. The molecule has 2 aromatic carbocycles. The molecule has 0 saturated carbocycles. The van der Waals surface area contributed by atoms with Gasteiger partial charge in [-0.15, -0.1) is 0 Å². The third-order valence-corrected chi connectivity index (χ3v) is 3.00. The maximum Gasteiger partial charge on any atom is 0.173 e. The van der Waals surface area contributed by atoms with Crippen molar-refractivity contribution in [3.63, 3.8) is 0 Å². The molecule has 3 nitrogen and oxygen atoms in total. The van der Waals surface area contributed by atoms with Crippen LogP contribution >= 0.6 is 11.6 Å². The zero-order valence-corrected chi connectivity index (χ0v) is 11.9. The van der Waals surface area contributed by atoms with Crippen LogP contribution in [-0.4, -0.2) is 13.2 Å². The van der Waals surface area contributed by atoms with Crippen LogP contribution in [0.2, 0.25) is 5.02 Å². The molecule has 0 bridgehead atoms. The van der Waals surface area contributed by atoms with Gasteiger partial charge in [0.15, 0.2) is 11.6 Å². The van der Waals surface area contributed by atoms with Gasteiger partial charge in [-0.3, -0.25) is 0 Å². The van der Waals surface area contributed by atoms with Gasteiger partial charge >= 0.3 is 0 Å². The molecule has 0 heterocycles. The van der Waals surface area contributed by atoms with Crippen LogP contribution in [0, 0.1) is 17.1 Å². The number of rotatable bonds is 6. The van der Waals surface area contributed by atoms with E-state index in [0.717, 1.165) is 0 Å². The van der Waals surface area contributed by atoms with Crippen molar-refractivity contribution in [1.82, 2.24) is 0 Å². The first-order valence-electron chi connectivity index (χ1n) is 6.40. The second kappa shape index (κ2) is 7.51. The van der Waals surface area contributed by atoms with Gasteiger partial charge in [0.05, 0.1) is 29.9 Å². The molecule has 0 aliphatic rings. The lowest BCUT2D eigenvalue weighted by atomic mass is 10.2. The predicted molar refractivity (Wildman–Crippen MR) is 78.2 cm³/mol. The minimum Gasteiger partial charge on any atom is -0.493 e. The fourth-order valence-corrected chi connectivity index (χ4v) is 1.89. The van der Waals surface area contributed by atoms with Gasteiger partial charge in [0.2, 0.25) is 0 Å². The normalized spacial score (nSPS) is 9.95. The van der Waals surface area contributed by atoms with Gasteiger partial charge in [-0.1, -0.05) is 17.7 Å². The molecule has 0 fully saturated rings. The third kappa shape index (κ3) is 4.37. The number of nitriles is 1. The van der Waals surface area contributed by atoms with Crippen molar-refractivity contribution in [2.45, 2.75) is 6.42 Å². The standard InChI is InChI=1S/C16H13ClFNO2/c17-14-3-1-4-15(18)16(14)21-10-2-9-20-13-7-5-12(11-19)6-8-13/h1,3-8H,2,9-10H2. The molecule has 0 atom stereocenters. The van der Waals surface area contributed by atoms with Gasteiger partial charge in [-0.05, 0) is 36.4 Å². The summed E-state index contributed by atoms with van der Waals surface area (Å²) in [7, 11) is 0. The first-order chi connectivity index (χ1) is 10.2. The second-order valence-electron chi connectivity index (χ2n) is 4.24. The quantitative estimate of drug-likeness (QED) is 0.751. The van der Waals surface area contributed by atoms with E-state index in [1.54, 1.807) is 30.3 Å². The smallest absolute Gasteiger partial charge is 0.173 e. The highest BCUT2D eigenvalue weighted by atomic mass is 35.5. The average molecular weight is 306 g/mol. The van der Waals surface area contributed by atoms with Crippen molar-refractivity contribution in [1.29, 1.82) is 5.26 Å². The van der Waals surface area contributed by atoms with Crippen LogP contribution in [-0.2, 0) is 0 Å². The Hall–Kier alpha value is -2.25. The molecule has 0 N–H and O–H groups in total. The Bertz CT molecular complexity index is 617. The van der Waals surface area contributed by atoms with Crippen LogP contribution in [0.1, 0.15) is 12.0 Å². The molecule has 108 valence electrons. The summed E-state index contributed by atoms with van der Waals surface area (Å²) < 4.78 is 24.2.